The molecule has 2 heterocycles. The molecule has 5 nitrogen and oxygen atoms in total. The molecule has 0 spiro atoms. The summed E-state index contributed by atoms with van der Waals surface area (Å²) in [4.78, 5) is 12.1. The van der Waals surface area contributed by atoms with E-state index in [2.05, 4.69) is 81.4 Å². The van der Waals surface area contributed by atoms with Crippen LogP contribution in [0.3, 0.4) is 0 Å². The molecule has 2 aromatic rings. The van der Waals surface area contributed by atoms with E-state index in [1.165, 1.54) is 10.4 Å². The van der Waals surface area contributed by atoms with Gasteiger partial charge in [0.25, 0.3) is 8.32 Å². The second-order valence-electron chi connectivity index (χ2n) is 11.7. The molecule has 0 amide bonds. The summed E-state index contributed by atoms with van der Waals surface area (Å²) < 4.78 is 25.4. The Morgan fingerprint density at radius 3 is 2.22 bits per heavy atom. The Bertz CT molecular complexity index is 960. The third kappa shape index (κ3) is 5.06. The third-order valence-electron chi connectivity index (χ3n) is 8.41. The van der Waals surface area contributed by atoms with Crippen molar-refractivity contribution in [2.75, 3.05) is 19.8 Å². The molecule has 1 saturated carbocycles. The molecule has 0 aromatic heterocycles. The molecule has 0 N–H and O–H groups in total. The van der Waals surface area contributed by atoms with Crippen LogP contribution in [-0.2, 0) is 23.4 Å². The van der Waals surface area contributed by atoms with Crippen molar-refractivity contribution in [1.29, 1.82) is 0 Å². The highest BCUT2D eigenvalue weighted by Crippen LogP contribution is 2.46. The van der Waals surface area contributed by atoms with E-state index in [4.69, 9.17) is 18.6 Å². The standard InChI is InChI=1S/C30H40O5Si/c1-30(2,3)36(23-12-6-4-7-13-23,24-14-8-5-9-15-24)34-21-26-25-20-33-28(31)19-22(25)18-27(26)35-29-16-10-11-17-32-29/h4-9,12-15,22,25-27,29H,10-11,16-21H2,1-3H3. The van der Waals surface area contributed by atoms with E-state index in [1.54, 1.807) is 0 Å². The monoisotopic (exact) mass is 508 g/mol. The average Bonchev–Trinajstić information content (AvgIpc) is 3.21. The quantitative estimate of drug-likeness (QED) is 0.402. The number of hydrogen-bond donors (Lipinski definition) is 0. The van der Waals surface area contributed by atoms with Gasteiger partial charge in [0.1, 0.15) is 0 Å². The number of hydrogen-bond acceptors (Lipinski definition) is 5. The maximum absolute atomic E-state index is 12.1. The van der Waals surface area contributed by atoms with Gasteiger partial charge in [-0.15, -0.1) is 0 Å². The SMILES string of the molecule is CC(C)(C)[Si](OCC1C(OC2CCCCO2)CC2CC(=O)OCC21)(c1ccccc1)c1ccccc1. The largest absolute Gasteiger partial charge is 0.465 e. The first-order chi connectivity index (χ1) is 17.4. The molecule has 2 saturated heterocycles. The Kier molecular flexibility index (Phi) is 7.68. The number of esters is 1. The second-order valence-corrected chi connectivity index (χ2v) is 16.0. The van der Waals surface area contributed by atoms with Gasteiger partial charge in [-0.05, 0) is 47.0 Å². The third-order valence-corrected chi connectivity index (χ3v) is 13.4. The van der Waals surface area contributed by atoms with Crippen LogP contribution >= 0.6 is 0 Å². The maximum atomic E-state index is 12.1. The molecular formula is C30H40O5Si. The summed E-state index contributed by atoms with van der Waals surface area (Å²) in [5.74, 6) is 0.620. The molecular weight excluding hydrogens is 468 g/mol. The van der Waals surface area contributed by atoms with Crippen molar-refractivity contribution >= 4 is 24.7 Å². The number of benzene rings is 2. The van der Waals surface area contributed by atoms with Gasteiger partial charge >= 0.3 is 5.97 Å². The fourth-order valence-electron chi connectivity index (χ4n) is 6.61. The number of fused-ring (bicyclic) bond motifs is 1. The van der Waals surface area contributed by atoms with Gasteiger partial charge in [-0.25, -0.2) is 0 Å². The summed E-state index contributed by atoms with van der Waals surface area (Å²) in [6, 6.07) is 21.5. The fraction of sp³-hybridized carbons (Fsp3) is 0.567. The number of carbonyl (C=O) groups is 1. The van der Waals surface area contributed by atoms with Gasteiger partial charge < -0.3 is 18.6 Å². The van der Waals surface area contributed by atoms with Gasteiger partial charge in [0, 0.05) is 31.5 Å². The highest BCUT2D eigenvalue weighted by Gasteiger charge is 2.53. The lowest BCUT2D eigenvalue weighted by atomic mass is 9.87. The van der Waals surface area contributed by atoms with Gasteiger partial charge in [-0.1, -0.05) is 81.4 Å². The molecule has 5 unspecified atom stereocenters. The van der Waals surface area contributed by atoms with Crippen molar-refractivity contribution in [3.63, 3.8) is 0 Å². The van der Waals surface area contributed by atoms with Gasteiger partial charge in [0.2, 0.25) is 0 Å². The van der Waals surface area contributed by atoms with Gasteiger partial charge in [0.05, 0.1) is 12.7 Å². The summed E-state index contributed by atoms with van der Waals surface area (Å²) in [6.45, 7) is 8.73. The molecule has 1 aliphatic carbocycles. The first kappa shape index (κ1) is 25.6. The van der Waals surface area contributed by atoms with Gasteiger partial charge in [-0.2, -0.15) is 0 Å². The minimum absolute atomic E-state index is 0.0100. The van der Waals surface area contributed by atoms with E-state index in [0.717, 1.165) is 32.3 Å². The van der Waals surface area contributed by atoms with Crippen LogP contribution in [0.15, 0.2) is 60.7 Å². The van der Waals surface area contributed by atoms with E-state index < -0.39 is 8.32 Å². The van der Waals surface area contributed by atoms with E-state index >= 15 is 0 Å². The van der Waals surface area contributed by atoms with E-state index in [0.29, 0.717) is 19.6 Å². The molecule has 6 heteroatoms. The zero-order valence-corrected chi connectivity index (χ0v) is 22.9. The lowest BCUT2D eigenvalue weighted by Crippen LogP contribution is -2.67. The topological polar surface area (TPSA) is 54.0 Å². The number of cyclic esters (lactones) is 1. The van der Waals surface area contributed by atoms with Crippen LogP contribution in [0.5, 0.6) is 0 Å². The van der Waals surface area contributed by atoms with Crippen molar-refractivity contribution in [3.05, 3.63) is 60.7 Å². The minimum atomic E-state index is -2.66. The first-order valence-electron chi connectivity index (χ1n) is 13.6. The lowest BCUT2D eigenvalue weighted by Gasteiger charge is -2.44. The van der Waals surface area contributed by atoms with Crippen molar-refractivity contribution in [1.82, 2.24) is 0 Å². The van der Waals surface area contributed by atoms with Crippen LogP contribution in [0, 0.1) is 17.8 Å². The predicted molar refractivity (Wildman–Crippen MR) is 143 cm³/mol. The summed E-state index contributed by atoms with van der Waals surface area (Å²) in [7, 11) is -2.66. The van der Waals surface area contributed by atoms with Gasteiger partial charge in [0.15, 0.2) is 6.29 Å². The van der Waals surface area contributed by atoms with Crippen LogP contribution in [0.1, 0.15) is 52.9 Å². The fourth-order valence-corrected chi connectivity index (χ4v) is 11.2. The smallest absolute Gasteiger partial charge is 0.306 e. The molecule has 194 valence electrons. The van der Waals surface area contributed by atoms with Crippen LogP contribution in [0.25, 0.3) is 0 Å². The number of rotatable bonds is 7. The van der Waals surface area contributed by atoms with Gasteiger partial charge in [-0.3, -0.25) is 4.79 Å². The molecule has 2 aliphatic heterocycles. The zero-order chi connectivity index (χ0) is 25.2. The van der Waals surface area contributed by atoms with Crippen molar-refractivity contribution in [2.24, 2.45) is 17.8 Å². The molecule has 3 fully saturated rings. The van der Waals surface area contributed by atoms with Crippen molar-refractivity contribution < 1.29 is 23.4 Å². The molecule has 3 aliphatic rings. The molecule has 5 rings (SSSR count). The highest BCUT2D eigenvalue weighted by atomic mass is 28.4. The lowest BCUT2D eigenvalue weighted by molar-refractivity contribution is -0.198. The Hall–Kier alpha value is -1.99. The number of carbonyl (C=O) groups excluding carboxylic acids is 1. The van der Waals surface area contributed by atoms with E-state index in [-0.39, 0.29) is 41.2 Å². The first-order valence-corrected chi connectivity index (χ1v) is 15.5. The Morgan fingerprint density at radius 1 is 0.972 bits per heavy atom. The molecule has 36 heavy (non-hydrogen) atoms. The summed E-state index contributed by atoms with van der Waals surface area (Å²) in [5, 5.41) is 2.47. The summed E-state index contributed by atoms with van der Waals surface area (Å²) in [5.41, 5.74) is 0. The number of ether oxygens (including phenoxy) is 3. The summed E-state index contributed by atoms with van der Waals surface area (Å²) >= 11 is 0. The Morgan fingerprint density at radius 2 is 1.64 bits per heavy atom. The minimum Gasteiger partial charge on any atom is -0.465 e. The predicted octanol–water partition coefficient (Wildman–Crippen LogP) is 4.67. The second kappa shape index (κ2) is 10.8. The van der Waals surface area contributed by atoms with E-state index in [1.807, 2.05) is 0 Å². The van der Waals surface area contributed by atoms with Crippen LogP contribution in [0.2, 0.25) is 5.04 Å². The maximum Gasteiger partial charge on any atom is 0.306 e. The molecule has 0 bridgehead atoms. The van der Waals surface area contributed by atoms with Crippen molar-refractivity contribution in [2.45, 2.75) is 70.3 Å². The Labute approximate surface area is 216 Å². The normalized spacial score (nSPS) is 29.0. The molecule has 2 aromatic carbocycles. The van der Waals surface area contributed by atoms with Crippen LogP contribution in [-0.4, -0.2) is 46.5 Å². The zero-order valence-electron chi connectivity index (χ0n) is 21.9. The molecule has 5 atom stereocenters. The Balaban J connectivity index is 1.47. The van der Waals surface area contributed by atoms with E-state index in [9.17, 15) is 4.79 Å². The van der Waals surface area contributed by atoms with Crippen LogP contribution < -0.4 is 10.4 Å². The molecule has 0 radical (unpaired) electrons. The summed E-state index contributed by atoms with van der Waals surface area (Å²) in [6.07, 6.45) is 4.36. The van der Waals surface area contributed by atoms with Crippen molar-refractivity contribution in [3.8, 4) is 0 Å². The highest BCUT2D eigenvalue weighted by molar-refractivity contribution is 6.99. The average molecular weight is 509 g/mol. The van der Waals surface area contributed by atoms with Crippen LogP contribution in [0.4, 0.5) is 0 Å².